The Morgan fingerprint density at radius 1 is 1.21 bits per heavy atom. The Morgan fingerprint density at radius 2 is 2.00 bits per heavy atom. The zero-order valence-electron chi connectivity index (χ0n) is 14.9. The summed E-state index contributed by atoms with van der Waals surface area (Å²) in [6.45, 7) is 4.10. The molecule has 1 N–H and O–H groups in total. The molecule has 1 aliphatic rings. The quantitative estimate of drug-likeness (QED) is 0.882. The molecule has 0 bridgehead atoms. The summed E-state index contributed by atoms with van der Waals surface area (Å²) in [7, 11) is 4.32. The molecule has 5 nitrogen and oxygen atoms in total. The molecule has 0 aliphatic heterocycles. The molecule has 5 heteroatoms. The van der Waals surface area contributed by atoms with E-state index in [-0.39, 0.29) is 0 Å². The van der Waals surface area contributed by atoms with E-state index in [1.807, 2.05) is 31.3 Å². The predicted octanol–water partition coefficient (Wildman–Crippen LogP) is 3.38. The Morgan fingerprint density at radius 3 is 2.67 bits per heavy atom. The minimum atomic E-state index is 0.358. The van der Waals surface area contributed by atoms with Crippen LogP contribution < -0.4 is 5.32 Å². The lowest BCUT2D eigenvalue weighted by molar-refractivity contribution is 0.215. The first-order valence-electron chi connectivity index (χ1n) is 8.71. The van der Waals surface area contributed by atoms with Crippen LogP contribution in [-0.4, -0.2) is 47.0 Å². The summed E-state index contributed by atoms with van der Waals surface area (Å²) in [6.07, 6.45) is 8.82. The van der Waals surface area contributed by atoms with Gasteiger partial charge in [-0.1, -0.05) is 12.8 Å². The van der Waals surface area contributed by atoms with Crippen molar-refractivity contribution in [2.24, 2.45) is 5.41 Å². The fraction of sp³-hybridized carbons (Fsp3) is 0.526. The van der Waals surface area contributed by atoms with E-state index in [1.165, 1.54) is 25.7 Å². The number of aryl methyl sites for hydroxylation is 1. The molecule has 0 saturated heterocycles. The van der Waals surface area contributed by atoms with Crippen molar-refractivity contribution in [2.45, 2.75) is 32.6 Å². The summed E-state index contributed by atoms with van der Waals surface area (Å²) in [5.74, 6) is 1.64. The summed E-state index contributed by atoms with van der Waals surface area (Å²) in [5, 5.41) is 3.59. The highest BCUT2D eigenvalue weighted by molar-refractivity contribution is 5.56. The van der Waals surface area contributed by atoms with Gasteiger partial charge >= 0.3 is 0 Å². The molecule has 2 heterocycles. The van der Waals surface area contributed by atoms with Crippen LogP contribution in [0, 0.1) is 12.3 Å². The van der Waals surface area contributed by atoms with Gasteiger partial charge in [-0.2, -0.15) is 0 Å². The van der Waals surface area contributed by atoms with Gasteiger partial charge in [0.2, 0.25) is 0 Å². The second kappa shape index (κ2) is 7.26. The molecule has 1 aliphatic carbocycles. The van der Waals surface area contributed by atoms with Crippen LogP contribution in [0.1, 0.15) is 31.4 Å². The lowest BCUT2D eigenvalue weighted by Gasteiger charge is -2.32. The Balaban J connectivity index is 1.76. The smallest absolute Gasteiger partial charge is 0.163 e. The largest absolute Gasteiger partial charge is 0.369 e. The lowest BCUT2D eigenvalue weighted by Crippen LogP contribution is -2.37. The maximum absolute atomic E-state index is 4.70. The fourth-order valence-electron chi connectivity index (χ4n) is 3.75. The zero-order chi connectivity index (χ0) is 17.0. The number of nitrogens with zero attached hydrogens (tertiary/aromatic N) is 4. The first kappa shape index (κ1) is 16.8. The molecule has 0 amide bonds. The van der Waals surface area contributed by atoms with Gasteiger partial charge in [-0.15, -0.1) is 0 Å². The summed E-state index contributed by atoms with van der Waals surface area (Å²) in [5.41, 5.74) is 2.28. The van der Waals surface area contributed by atoms with E-state index in [0.717, 1.165) is 36.0 Å². The van der Waals surface area contributed by atoms with Crippen molar-refractivity contribution in [2.75, 3.05) is 32.5 Å². The van der Waals surface area contributed by atoms with Crippen LogP contribution in [-0.2, 0) is 0 Å². The zero-order valence-corrected chi connectivity index (χ0v) is 14.9. The van der Waals surface area contributed by atoms with Crippen molar-refractivity contribution < 1.29 is 0 Å². The maximum atomic E-state index is 4.70. The fourth-order valence-corrected chi connectivity index (χ4v) is 3.75. The number of aromatic nitrogens is 3. The highest BCUT2D eigenvalue weighted by Gasteiger charge is 2.34. The van der Waals surface area contributed by atoms with Crippen molar-refractivity contribution in [3.63, 3.8) is 0 Å². The van der Waals surface area contributed by atoms with E-state index in [4.69, 9.17) is 4.98 Å². The summed E-state index contributed by atoms with van der Waals surface area (Å²) in [4.78, 5) is 15.7. The lowest BCUT2D eigenvalue weighted by atomic mass is 9.85. The molecule has 3 rings (SSSR count). The average molecular weight is 325 g/mol. The van der Waals surface area contributed by atoms with E-state index in [0.29, 0.717) is 5.41 Å². The molecule has 128 valence electrons. The van der Waals surface area contributed by atoms with Gasteiger partial charge in [-0.25, -0.2) is 9.97 Å². The molecule has 0 atom stereocenters. The van der Waals surface area contributed by atoms with Crippen LogP contribution in [0.3, 0.4) is 0 Å². The van der Waals surface area contributed by atoms with Crippen molar-refractivity contribution in [1.82, 2.24) is 19.9 Å². The molecule has 1 saturated carbocycles. The third kappa shape index (κ3) is 4.09. The highest BCUT2D eigenvalue weighted by atomic mass is 15.1. The van der Waals surface area contributed by atoms with Gasteiger partial charge in [0.15, 0.2) is 5.82 Å². The van der Waals surface area contributed by atoms with E-state index >= 15 is 0 Å². The number of hydrogen-bond donors (Lipinski definition) is 1. The Bertz CT molecular complexity index is 663. The minimum Gasteiger partial charge on any atom is -0.369 e. The number of anilines is 1. The van der Waals surface area contributed by atoms with E-state index in [1.54, 1.807) is 6.20 Å². The standard InChI is InChI=1S/C19H27N5/c1-15-11-17(23-18(22-15)16-7-6-10-20-12-16)21-13-19(14-24(2)3)8-4-5-9-19/h6-7,10-12H,4-5,8-9,13-14H2,1-3H3,(H,21,22,23). The van der Waals surface area contributed by atoms with Crippen LogP contribution in [0.2, 0.25) is 0 Å². The Labute approximate surface area is 144 Å². The number of rotatable bonds is 6. The van der Waals surface area contributed by atoms with Gasteiger partial charge in [-0.05, 0) is 46.0 Å². The summed E-state index contributed by atoms with van der Waals surface area (Å²) in [6, 6.07) is 5.94. The Kier molecular flexibility index (Phi) is 5.09. The topological polar surface area (TPSA) is 53.9 Å². The van der Waals surface area contributed by atoms with Gasteiger partial charge < -0.3 is 10.2 Å². The third-order valence-corrected chi connectivity index (χ3v) is 4.73. The second-order valence-corrected chi connectivity index (χ2v) is 7.26. The molecular weight excluding hydrogens is 298 g/mol. The molecule has 0 unspecified atom stereocenters. The first-order valence-corrected chi connectivity index (χ1v) is 8.71. The molecule has 1 fully saturated rings. The van der Waals surface area contributed by atoms with Crippen LogP contribution in [0.5, 0.6) is 0 Å². The van der Waals surface area contributed by atoms with Gasteiger partial charge in [0.1, 0.15) is 5.82 Å². The van der Waals surface area contributed by atoms with Gasteiger partial charge in [0, 0.05) is 48.2 Å². The van der Waals surface area contributed by atoms with Crippen molar-refractivity contribution in [3.8, 4) is 11.4 Å². The molecule has 0 aromatic carbocycles. The van der Waals surface area contributed by atoms with E-state index in [9.17, 15) is 0 Å². The van der Waals surface area contributed by atoms with Gasteiger partial charge in [0.05, 0.1) is 0 Å². The minimum absolute atomic E-state index is 0.358. The monoisotopic (exact) mass is 325 g/mol. The van der Waals surface area contributed by atoms with Crippen LogP contribution in [0.25, 0.3) is 11.4 Å². The second-order valence-electron chi connectivity index (χ2n) is 7.26. The summed E-state index contributed by atoms with van der Waals surface area (Å²) >= 11 is 0. The van der Waals surface area contributed by atoms with Crippen LogP contribution >= 0.6 is 0 Å². The molecule has 2 aromatic rings. The highest BCUT2D eigenvalue weighted by Crippen LogP contribution is 2.38. The van der Waals surface area contributed by atoms with Crippen molar-refractivity contribution in [3.05, 3.63) is 36.3 Å². The molecule has 0 radical (unpaired) electrons. The average Bonchev–Trinajstić information content (AvgIpc) is 3.01. The SMILES string of the molecule is Cc1cc(NCC2(CN(C)C)CCCC2)nc(-c2cccnc2)n1. The third-order valence-electron chi connectivity index (χ3n) is 4.73. The maximum Gasteiger partial charge on any atom is 0.163 e. The predicted molar refractivity (Wildman–Crippen MR) is 97.9 cm³/mol. The molecule has 2 aromatic heterocycles. The van der Waals surface area contributed by atoms with Crippen LogP contribution in [0.15, 0.2) is 30.6 Å². The molecule has 24 heavy (non-hydrogen) atoms. The van der Waals surface area contributed by atoms with E-state index in [2.05, 4.69) is 34.3 Å². The van der Waals surface area contributed by atoms with E-state index < -0.39 is 0 Å². The molecule has 0 spiro atoms. The van der Waals surface area contributed by atoms with Crippen molar-refractivity contribution >= 4 is 5.82 Å². The van der Waals surface area contributed by atoms with Crippen molar-refractivity contribution in [1.29, 1.82) is 0 Å². The first-order chi connectivity index (χ1) is 11.6. The van der Waals surface area contributed by atoms with Gasteiger partial charge in [0.25, 0.3) is 0 Å². The normalized spacial score (nSPS) is 16.5. The Hall–Kier alpha value is -2.01. The summed E-state index contributed by atoms with van der Waals surface area (Å²) < 4.78 is 0. The van der Waals surface area contributed by atoms with Crippen LogP contribution in [0.4, 0.5) is 5.82 Å². The number of hydrogen-bond acceptors (Lipinski definition) is 5. The number of pyridine rings is 1. The van der Waals surface area contributed by atoms with Gasteiger partial charge in [-0.3, -0.25) is 4.98 Å². The molecular formula is C19H27N5. The number of nitrogens with one attached hydrogen (secondary N) is 1.